The summed E-state index contributed by atoms with van der Waals surface area (Å²) in [7, 11) is 0. The van der Waals surface area contributed by atoms with E-state index in [1.54, 1.807) is 0 Å². The van der Waals surface area contributed by atoms with Gasteiger partial charge in [0.2, 0.25) is 0 Å². The number of carbonyl (C=O) groups is 2. The second-order valence-corrected chi connectivity index (χ2v) is 6.28. The molecule has 0 saturated heterocycles. The average molecular weight is 258 g/mol. The third-order valence-corrected chi connectivity index (χ3v) is 4.82. The van der Waals surface area contributed by atoms with Gasteiger partial charge in [-0.05, 0) is 31.6 Å². The van der Waals surface area contributed by atoms with Crippen molar-refractivity contribution in [2.75, 3.05) is 6.61 Å². The molecule has 18 heavy (non-hydrogen) atoms. The zero-order valence-electron chi connectivity index (χ0n) is 10.2. The molecule has 0 N–H and O–H groups in total. The normalized spacial score (nSPS) is 41.5. The standard InChI is InChI=1S/C13H16F2O3/c1-12(14,15)11(17)18-6-13-3-7-2-8(4-13)10(16)9(7)5-13/h7-9H,2-6H2,1H3. The van der Waals surface area contributed by atoms with Gasteiger partial charge in [0.1, 0.15) is 5.78 Å². The van der Waals surface area contributed by atoms with Crippen LogP contribution in [-0.4, -0.2) is 24.3 Å². The summed E-state index contributed by atoms with van der Waals surface area (Å²) in [5.41, 5.74) is -0.201. The third kappa shape index (κ3) is 1.67. The van der Waals surface area contributed by atoms with Gasteiger partial charge in [0.25, 0.3) is 0 Å². The lowest BCUT2D eigenvalue weighted by atomic mass is 9.69. The van der Waals surface area contributed by atoms with Crippen LogP contribution in [0.1, 0.15) is 32.6 Å². The van der Waals surface area contributed by atoms with Gasteiger partial charge in [0.15, 0.2) is 0 Å². The number of halogens is 2. The Morgan fingerprint density at radius 2 is 2.17 bits per heavy atom. The van der Waals surface area contributed by atoms with Gasteiger partial charge >= 0.3 is 11.9 Å². The number of alkyl halides is 2. The van der Waals surface area contributed by atoms with Crippen molar-refractivity contribution in [1.82, 2.24) is 0 Å². The van der Waals surface area contributed by atoms with Crippen molar-refractivity contribution in [3.63, 3.8) is 0 Å². The largest absolute Gasteiger partial charge is 0.461 e. The van der Waals surface area contributed by atoms with Crippen LogP contribution in [0, 0.1) is 23.2 Å². The number of esters is 1. The van der Waals surface area contributed by atoms with Gasteiger partial charge in [0, 0.05) is 24.2 Å². The van der Waals surface area contributed by atoms with Gasteiger partial charge < -0.3 is 4.74 Å². The van der Waals surface area contributed by atoms with Crippen LogP contribution in [0.25, 0.3) is 0 Å². The number of hydrogen-bond acceptors (Lipinski definition) is 3. The lowest BCUT2D eigenvalue weighted by molar-refractivity contribution is -0.174. The summed E-state index contributed by atoms with van der Waals surface area (Å²) in [6, 6.07) is 0. The number of Topliss-reactive ketones (excluding diaryl/α,β-unsaturated/α-hetero) is 1. The van der Waals surface area contributed by atoms with E-state index in [1.807, 2.05) is 0 Å². The fourth-order valence-electron chi connectivity index (χ4n) is 4.18. The predicted octanol–water partition coefficient (Wildman–Crippen LogP) is 2.19. The van der Waals surface area contributed by atoms with E-state index in [0.717, 1.165) is 19.3 Å². The minimum atomic E-state index is -3.43. The Hall–Kier alpha value is -1.00. The molecular weight excluding hydrogens is 242 g/mol. The molecule has 4 aliphatic carbocycles. The maximum atomic E-state index is 12.7. The van der Waals surface area contributed by atoms with E-state index < -0.39 is 11.9 Å². The molecule has 4 aliphatic rings. The summed E-state index contributed by atoms with van der Waals surface area (Å²) in [5.74, 6) is -3.95. The molecule has 0 amide bonds. The van der Waals surface area contributed by atoms with Gasteiger partial charge in [0.05, 0.1) is 6.61 Å². The molecule has 0 aromatic rings. The van der Waals surface area contributed by atoms with E-state index in [4.69, 9.17) is 4.74 Å². The lowest BCUT2D eigenvalue weighted by Gasteiger charge is -2.37. The Morgan fingerprint density at radius 3 is 2.72 bits per heavy atom. The Kier molecular flexibility index (Phi) is 2.35. The molecule has 4 atom stereocenters. The Balaban J connectivity index is 1.66. The van der Waals surface area contributed by atoms with Crippen molar-refractivity contribution in [2.24, 2.45) is 23.2 Å². The van der Waals surface area contributed by atoms with Crippen LogP contribution in [0.4, 0.5) is 8.78 Å². The molecule has 0 aromatic heterocycles. The third-order valence-electron chi connectivity index (χ3n) is 4.82. The Morgan fingerprint density at radius 1 is 1.44 bits per heavy atom. The van der Waals surface area contributed by atoms with Crippen molar-refractivity contribution in [3.05, 3.63) is 0 Å². The monoisotopic (exact) mass is 258 g/mol. The first-order chi connectivity index (χ1) is 8.31. The quantitative estimate of drug-likeness (QED) is 0.729. The van der Waals surface area contributed by atoms with Crippen molar-refractivity contribution in [2.45, 2.75) is 38.5 Å². The Bertz CT molecular complexity index is 411. The van der Waals surface area contributed by atoms with Crippen LogP contribution >= 0.6 is 0 Å². The summed E-state index contributed by atoms with van der Waals surface area (Å²) >= 11 is 0. The Labute approximate surface area is 104 Å². The molecule has 4 rings (SSSR count). The topological polar surface area (TPSA) is 43.4 Å². The number of rotatable bonds is 3. The molecule has 4 fully saturated rings. The van der Waals surface area contributed by atoms with Crippen molar-refractivity contribution < 1.29 is 23.1 Å². The number of ketones is 1. The molecular formula is C13H16F2O3. The van der Waals surface area contributed by atoms with E-state index in [9.17, 15) is 18.4 Å². The first-order valence-electron chi connectivity index (χ1n) is 6.40. The van der Waals surface area contributed by atoms with Crippen LogP contribution in [-0.2, 0) is 14.3 Å². The number of hydrogen-bond donors (Lipinski definition) is 0. The molecule has 4 bridgehead atoms. The molecule has 0 spiro atoms. The zero-order chi connectivity index (χ0) is 13.1. The minimum Gasteiger partial charge on any atom is -0.461 e. The van der Waals surface area contributed by atoms with E-state index >= 15 is 0 Å². The van der Waals surface area contributed by atoms with Gasteiger partial charge in [-0.3, -0.25) is 4.79 Å². The maximum absolute atomic E-state index is 12.7. The molecule has 0 aliphatic heterocycles. The van der Waals surface area contributed by atoms with Crippen LogP contribution < -0.4 is 0 Å². The number of ether oxygens (including phenoxy) is 1. The van der Waals surface area contributed by atoms with E-state index in [1.165, 1.54) is 0 Å². The van der Waals surface area contributed by atoms with Crippen molar-refractivity contribution in [1.29, 1.82) is 0 Å². The lowest BCUT2D eigenvalue weighted by Crippen LogP contribution is -2.38. The molecule has 0 aromatic carbocycles. The summed E-state index contributed by atoms with van der Waals surface area (Å²) in [4.78, 5) is 22.9. The molecule has 4 unspecified atom stereocenters. The molecule has 100 valence electrons. The highest BCUT2D eigenvalue weighted by atomic mass is 19.3. The maximum Gasteiger partial charge on any atom is 0.376 e. The summed E-state index contributed by atoms with van der Waals surface area (Å²) in [6.07, 6.45) is 3.22. The molecule has 5 heteroatoms. The second-order valence-electron chi connectivity index (χ2n) is 6.28. The van der Waals surface area contributed by atoms with Crippen LogP contribution in [0.2, 0.25) is 0 Å². The zero-order valence-corrected chi connectivity index (χ0v) is 10.2. The van der Waals surface area contributed by atoms with Gasteiger partial charge in [-0.2, -0.15) is 8.78 Å². The van der Waals surface area contributed by atoms with E-state index in [0.29, 0.717) is 25.0 Å². The fraction of sp³-hybridized carbons (Fsp3) is 0.846. The summed E-state index contributed by atoms with van der Waals surface area (Å²) in [5, 5.41) is 0. The summed E-state index contributed by atoms with van der Waals surface area (Å²) < 4.78 is 30.2. The highest BCUT2D eigenvalue weighted by Crippen LogP contribution is 2.62. The van der Waals surface area contributed by atoms with E-state index in [2.05, 4.69) is 0 Å². The first-order valence-corrected chi connectivity index (χ1v) is 6.40. The highest BCUT2D eigenvalue weighted by Gasteiger charge is 2.60. The average Bonchev–Trinajstić information content (AvgIpc) is 2.65. The minimum absolute atomic E-state index is 0.0477. The SMILES string of the molecule is CC(F)(F)C(=O)OCC12CC3CC(C1)C(C2)C3=O. The molecule has 3 nitrogen and oxygen atoms in total. The van der Waals surface area contributed by atoms with Gasteiger partial charge in [-0.1, -0.05) is 0 Å². The molecule has 0 radical (unpaired) electrons. The molecule has 4 saturated carbocycles. The highest BCUT2D eigenvalue weighted by molar-refractivity contribution is 5.87. The van der Waals surface area contributed by atoms with Gasteiger partial charge in [-0.25, -0.2) is 4.79 Å². The fourth-order valence-corrected chi connectivity index (χ4v) is 4.18. The predicted molar refractivity (Wildman–Crippen MR) is 58.0 cm³/mol. The molecule has 0 heterocycles. The van der Waals surface area contributed by atoms with E-state index in [-0.39, 0.29) is 23.9 Å². The van der Waals surface area contributed by atoms with Crippen LogP contribution in [0.5, 0.6) is 0 Å². The number of carbonyl (C=O) groups excluding carboxylic acids is 2. The summed E-state index contributed by atoms with van der Waals surface area (Å²) in [6.45, 7) is 0.596. The second kappa shape index (κ2) is 3.52. The van der Waals surface area contributed by atoms with Crippen LogP contribution in [0.15, 0.2) is 0 Å². The van der Waals surface area contributed by atoms with Crippen molar-refractivity contribution >= 4 is 11.8 Å². The van der Waals surface area contributed by atoms with Crippen molar-refractivity contribution in [3.8, 4) is 0 Å². The van der Waals surface area contributed by atoms with Crippen LogP contribution in [0.3, 0.4) is 0 Å². The smallest absolute Gasteiger partial charge is 0.376 e. The van der Waals surface area contributed by atoms with Gasteiger partial charge in [-0.15, -0.1) is 0 Å². The first kappa shape index (κ1) is 12.1.